The van der Waals surface area contributed by atoms with Gasteiger partial charge in [-0.15, -0.1) is 36.2 Å². The standard InChI is InChI=1S/C15H17N3OS.2ClH/c1-11-9-16-7-8-18(11)15(19)13-10-17-14(20-13)12-5-3-2-4-6-12;;/h2-6,10-11,16H,7-9H2,1H3;2*1H. The predicted octanol–water partition coefficient (Wildman–Crippen LogP) is 3.09. The van der Waals surface area contributed by atoms with E-state index in [9.17, 15) is 4.79 Å². The van der Waals surface area contributed by atoms with Crippen LogP contribution in [0.25, 0.3) is 10.6 Å². The van der Waals surface area contributed by atoms with Gasteiger partial charge in [0.2, 0.25) is 0 Å². The van der Waals surface area contributed by atoms with Crippen molar-refractivity contribution in [2.24, 2.45) is 0 Å². The fourth-order valence-electron chi connectivity index (χ4n) is 2.37. The van der Waals surface area contributed by atoms with Gasteiger partial charge in [0, 0.05) is 31.2 Å². The second-order valence-corrected chi connectivity index (χ2v) is 5.98. The molecule has 4 nitrogen and oxygen atoms in total. The van der Waals surface area contributed by atoms with Crippen molar-refractivity contribution in [3.8, 4) is 10.6 Å². The zero-order valence-corrected chi connectivity index (χ0v) is 14.6. The number of hydrogen-bond acceptors (Lipinski definition) is 4. The van der Waals surface area contributed by atoms with Gasteiger partial charge in [-0.1, -0.05) is 30.3 Å². The predicted molar refractivity (Wildman–Crippen MR) is 95.4 cm³/mol. The van der Waals surface area contributed by atoms with E-state index >= 15 is 0 Å². The van der Waals surface area contributed by atoms with Crippen LogP contribution in [0, 0.1) is 0 Å². The maximum absolute atomic E-state index is 12.5. The lowest BCUT2D eigenvalue weighted by atomic mass is 10.2. The van der Waals surface area contributed by atoms with E-state index in [1.807, 2.05) is 35.2 Å². The Kier molecular flexibility index (Phi) is 7.29. The lowest BCUT2D eigenvalue weighted by molar-refractivity contribution is 0.0660. The van der Waals surface area contributed by atoms with E-state index in [0.29, 0.717) is 0 Å². The monoisotopic (exact) mass is 359 g/mol. The van der Waals surface area contributed by atoms with Gasteiger partial charge in [-0.05, 0) is 6.92 Å². The molecule has 1 fully saturated rings. The van der Waals surface area contributed by atoms with Crippen LogP contribution in [0.4, 0.5) is 0 Å². The molecule has 1 aliphatic rings. The molecule has 7 heteroatoms. The average molecular weight is 360 g/mol. The molecule has 2 aromatic rings. The minimum atomic E-state index is 0. The van der Waals surface area contributed by atoms with Crippen molar-refractivity contribution in [2.75, 3.05) is 19.6 Å². The summed E-state index contributed by atoms with van der Waals surface area (Å²) in [6.45, 7) is 4.55. The van der Waals surface area contributed by atoms with Crippen molar-refractivity contribution in [2.45, 2.75) is 13.0 Å². The van der Waals surface area contributed by atoms with Crippen molar-refractivity contribution < 1.29 is 4.79 Å². The molecule has 0 saturated carbocycles. The number of carbonyl (C=O) groups excluding carboxylic acids is 1. The molecule has 1 aromatic heterocycles. The third-order valence-corrected chi connectivity index (χ3v) is 4.53. The summed E-state index contributed by atoms with van der Waals surface area (Å²) < 4.78 is 0. The molecule has 3 rings (SSSR count). The van der Waals surface area contributed by atoms with E-state index < -0.39 is 0 Å². The van der Waals surface area contributed by atoms with Crippen molar-refractivity contribution in [3.05, 3.63) is 41.4 Å². The molecule has 1 aliphatic heterocycles. The molecule has 2 heterocycles. The molecule has 22 heavy (non-hydrogen) atoms. The van der Waals surface area contributed by atoms with Crippen molar-refractivity contribution in [1.29, 1.82) is 0 Å². The average Bonchev–Trinajstić information content (AvgIpc) is 2.98. The molecule has 0 bridgehead atoms. The molecule has 1 unspecified atom stereocenters. The van der Waals surface area contributed by atoms with Gasteiger partial charge in [0.05, 0.1) is 6.20 Å². The molecular formula is C15H19Cl2N3OS. The van der Waals surface area contributed by atoms with Crippen LogP contribution in [0.3, 0.4) is 0 Å². The van der Waals surface area contributed by atoms with E-state index in [-0.39, 0.29) is 36.8 Å². The van der Waals surface area contributed by atoms with Crippen LogP contribution in [0.1, 0.15) is 16.6 Å². The fraction of sp³-hybridized carbons (Fsp3) is 0.333. The SMILES string of the molecule is CC1CNCCN1C(=O)c1cnc(-c2ccccc2)s1.Cl.Cl. The van der Waals surface area contributed by atoms with Crippen LogP contribution in [0.5, 0.6) is 0 Å². The summed E-state index contributed by atoms with van der Waals surface area (Å²) in [5.41, 5.74) is 1.06. The van der Waals surface area contributed by atoms with Crippen LogP contribution in [-0.4, -0.2) is 41.5 Å². The summed E-state index contributed by atoms with van der Waals surface area (Å²) in [7, 11) is 0. The summed E-state index contributed by atoms with van der Waals surface area (Å²) >= 11 is 1.47. The first kappa shape index (κ1) is 18.9. The van der Waals surface area contributed by atoms with E-state index in [2.05, 4.69) is 17.2 Å². The Hall–Kier alpha value is -1.14. The van der Waals surface area contributed by atoms with Crippen LogP contribution >= 0.6 is 36.2 Å². The number of hydrogen-bond donors (Lipinski definition) is 1. The number of rotatable bonds is 2. The molecule has 1 saturated heterocycles. The second-order valence-electron chi connectivity index (χ2n) is 4.95. The summed E-state index contributed by atoms with van der Waals surface area (Å²) in [4.78, 5) is 19.6. The number of aromatic nitrogens is 1. The number of nitrogens with one attached hydrogen (secondary N) is 1. The van der Waals surface area contributed by atoms with Gasteiger partial charge in [-0.25, -0.2) is 4.98 Å². The van der Waals surface area contributed by atoms with Gasteiger partial charge in [-0.2, -0.15) is 0 Å². The number of halogens is 2. The molecule has 120 valence electrons. The molecule has 1 aromatic carbocycles. The van der Waals surface area contributed by atoms with Crippen LogP contribution in [-0.2, 0) is 0 Å². The van der Waals surface area contributed by atoms with Crippen LogP contribution in [0.15, 0.2) is 36.5 Å². The first-order chi connectivity index (χ1) is 9.75. The molecule has 0 radical (unpaired) electrons. The summed E-state index contributed by atoms with van der Waals surface area (Å²) in [5, 5.41) is 4.20. The van der Waals surface area contributed by atoms with Gasteiger partial charge in [0.25, 0.3) is 5.91 Å². The number of thiazole rings is 1. The van der Waals surface area contributed by atoms with Gasteiger partial charge in [-0.3, -0.25) is 4.79 Å². The highest BCUT2D eigenvalue weighted by Crippen LogP contribution is 2.26. The minimum Gasteiger partial charge on any atom is -0.333 e. The Morgan fingerprint density at radius 2 is 2.05 bits per heavy atom. The highest BCUT2D eigenvalue weighted by atomic mass is 35.5. The Balaban J connectivity index is 0.00000121. The number of amides is 1. The van der Waals surface area contributed by atoms with Gasteiger partial charge in [0.1, 0.15) is 9.88 Å². The molecule has 1 amide bonds. The zero-order chi connectivity index (χ0) is 13.9. The Morgan fingerprint density at radius 3 is 2.73 bits per heavy atom. The van der Waals surface area contributed by atoms with Gasteiger partial charge in [0.15, 0.2) is 0 Å². The minimum absolute atomic E-state index is 0. The third kappa shape index (κ3) is 3.98. The first-order valence-electron chi connectivity index (χ1n) is 6.78. The van der Waals surface area contributed by atoms with Crippen LogP contribution < -0.4 is 5.32 Å². The summed E-state index contributed by atoms with van der Waals surface area (Å²) in [6, 6.07) is 10.2. The van der Waals surface area contributed by atoms with Crippen molar-refractivity contribution in [3.63, 3.8) is 0 Å². The summed E-state index contributed by atoms with van der Waals surface area (Å²) in [5.74, 6) is 0.0960. The molecular weight excluding hydrogens is 341 g/mol. The lowest BCUT2D eigenvalue weighted by Gasteiger charge is -2.33. The second kappa shape index (κ2) is 8.48. The zero-order valence-electron chi connectivity index (χ0n) is 12.2. The molecule has 1 N–H and O–H groups in total. The number of nitrogens with zero attached hydrogens (tertiary/aromatic N) is 2. The maximum atomic E-state index is 12.5. The lowest BCUT2D eigenvalue weighted by Crippen LogP contribution is -2.52. The Morgan fingerprint density at radius 1 is 1.32 bits per heavy atom. The maximum Gasteiger partial charge on any atom is 0.265 e. The van der Waals surface area contributed by atoms with Crippen molar-refractivity contribution >= 4 is 42.1 Å². The van der Waals surface area contributed by atoms with Crippen LogP contribution in [0.2, 0.25) is 0 Å². The molecule has 0 spiro atoms. The third-order valence-electron chi connectivity index (χ3n) is 3.50. The quantitative estimate of drug-likeness (QED) is 0.895. The van der Waals surface area contributed by atoms with E-state index in [4.69, 9.17) is 0 Å². The van der Waals surface area contributed by atoms with E-state index in [1.54, 1.807) is 6.20 Å². The molecule has 0 aliphatic carbocycles. The molecule has 1 atom stereocenters. The topological polar surface area (TPSA) is 45.2 Å². The smallest absolute Gasteiger partial charge is 0.265 e. The fourth-order valence-corrected chi connectivity index (χ4v) is 3.25. The first-order valence-corrected chi connectivity index (χ1v) is 7.60. The Labute approximate surface area is 146 Å². The summed E-state index contributed by atoms with van der Waals surface area (Å²) in [6.07, 6.45) is 1.70. The normalized spacial score (nSPS) is 17.3. The van der Waals surface area contributed by atoms with Gasteiger partial charge < -0.3 is 10.2 Å². The number of piperazine rings is 1. The number of benzene rings is 1. The van der Waals surface area contributed by atoms with Gasteiger partial charge >= 0.3 is 0 Å². The highest BCUT2D eigenvalue weighted by molar-refractivity contribution is 7.16. The van der Waals surface area contributed by atoms with Crippen molar-refractivity contribution in [1.82, 2.24) is 15.2 Å². The largest absolute Gasteiger partial charge is 0.333 e. The van der Waals surface area contributed by atoms with E-state index in [0.717, 1.165) is 35.1 Å². The number of carbonyl (C=O) groups is 1. The highest BCUT2D eigenvalue weighted by Gasteiger charge is 2.25. The van der Waals surface area contributed by atoms with E-state index in [1.165, 1.54) is 11.3 Å². The Bertz CT molecular complexity index is 606.